The van der Waals surface area contributed by atoms with Crippen LogP contribution in [0.1, 0.15) is 13.3 Å². The van der Waals surface area contributed by atoms with E-state index in [1.54, 1.807) is 0 Å². The summed E-state index contributed by atoms with van der Waals surface area (Å²) in [7, 11) is 2.06. The summed E-state index contributed by atoms with van der Waals surface area (Å²) in [4.78, 5) is 2.13. The highest BCUT2D eigenvalue weighted by Crippen LogP contribution is 1.98. The van der Waals surface area contributed by atoms with Crippen molar-refractivity contribution >= 4 is 17.0 Å². The Hall–Kier alpha value is -0.220. The van der Waals surface area contributed by atoms with Gasteiger partial charge in [0.25, 0.3) is 0 Å². The predicted octanol–water partition coefficient (Wildman–Crippen LogP) is 1.15. The van der Waals surface area contributed by atoms with Crippen LogP contribution >= 0.6 is 17.0 Å². The summed E-state index contributed by atoms with van der Waals surface area (Å²) in [5, 5.41) is 2.09. The number of hydrazine groups is 1. The molecule has 66 valence electrons. The van der Waals surface area contributed by atoms with E-state index in [0.29, 0.717) is 0 Å². The fourth-order valence-electron chi connectivity index (χ4n) is 0.887. The number of halogens is 1. The molecule has 0 saturated carbocycles. The maximum absolute atomic E-state index is 3.27. The molecule has 1 heterocycles. The van der Waals surface area contributed by atoms with Gasteiger partial charge in [0.2, 0.25) is 0 Å². The molecule has 0 unspecified atom stereocenters. The Morgan fingerprint density at radius 2 is 2.18 bits per heavy atom. The Kier molecular flexibility index (Phi) is 5.32. The van der Waals surface area contributed by atoms with Crippen LogP contribution in [0.4, 0.5) is 0 Å². The molecule has 11 heavy (non-hydrogen) atoms. The van der Waals surface area contributed by atoms with Gasteiger partial charge in [-0.15, -0.1) is 17.0 Å². The first kappa shape index (κ1) is 10.8. The molecule has 1 aliphatic rings. The van der Waals surface area contributed by atoms with E-state index in [1.807, 2.05) is 0 Å². The number of nitrogens with one attached hydrogen (secondary N) is 1. The molecule has 0 aromatic heterocycles. The lowest BCUT2D eigenvalue weighted by Gasteiger charge is -2.18. The zero-order chi connectivity index (χ0) is 7.40. The van der Waals surface area contributed by atoms with Crippen LogP contribution in [0.5, 0.6) is 0 Å². The van der Waals surface area contributed by atoms with E-state index in [4.69, 9.17) is 0 Å². The Bertz CT molecular complexity index is 127. The third-order valence-electron chi connectivity index (χ3n) is 1.44. The van der Waals surface area contributed by atoms with E-state index in [9.17, 15) is 0 Å². The first-order valence-electron chi connectivity index (χ1n) is 3.71. The second-order valence-corrected chi connectivity index (χ2v) is 2.57. The van der Waals surface area contributed by atoms with Crippen LogP contribution in [0, 0.1) is 0 Å². The van der Waals surface area contributed by atoms with Crippen molar-refractivity contribution in [3.8, 4) is 0 Å². The largest absolute Gasteiger partial charge is 0.360 e. The summed E-state index contributed by atoms with van der Waals surface area (Å²) in [6, 6.07) is 0. The minimum atomic E-state index is 0. The summed E-state index contributed by atoms with van der Waals surface area (Å²) in [5.74, 6) is 0. The highest BCUT2D eigenvalue weighted by Gasteiger charge is 2.05. The number of rotatable bonds is 3. The molecule has 0 amide bonds. The quantitative estimate of drug-likeness (QED) is 0.772. The van der Waals surface area contributed by atoms with Crippen molar-refractivity contribution in [1.82, 2.24) is 15.3 Å². The first-order chi connectivity index (χ1) is 4.83. The Labute approximate surface area is 78.8 Å². The lowest BCUT2D eigenvalue weighted by Crippen LogP contribution is -2.35. The lowest BCUT2D eigenvalue weighted by molar-refractivity contribution is 0.224. The third kappa shape index (κ3) is 3.62. The third-order valence-corrected chi connectivity index (χ3v) is 1.44. The molecular weight excluding hydrogens is 206 g/mol. The lowest BCUT2D eigenvalue weighted by atomic mass is 10.5. The average Bonchev–Trinajstić information content (AvgIpc) is 2.31. The van der Waals surface area contributed by atoms with Gasteiger partial charge >= 0.3 is 0 Å². The summed E-state index contributed by atoms with van der Waals surface area (Å²) in [6.45, 7) is 4.18. The van der Waals surface area contributed by atoms with Crippen LogP contribution in [-0.4, -0.2) is 30.2 Å². The van der Waals surface area contributed by atoms with Crippen molar-refractivity contribution in [3.05, 3.63) is 12.4 Å². The van der Waals surface area contributed by atoms with Crippen LogP contribution in [0.25, 0.3) is 0 Å². The average molecular weight is 222 g/mol. The molecule has 0 saturated heterocycles. The molecule has 0 aromatic rings. The summed E-state index contributed by atoms with van der Waals surface area (Å²) in [5.41, 5.74) is 3.27. The fraction of sp³-hybridized carbons (Fsp3) is 0.714. The molecule has 0 atom stereocenters. The van der Waals surface area contributed by atoms with Crippen molar-refractivity contribution in [2.24, 2.45) is 0 Å². The minimum absolute atomic E-state index is 0. The Morgan fingerprint density at radius 3 is 2.64 bits per heavy atom. The Morgan fingerprint density at radius 1 is 1.45 bits per heavy atom. The van der Waals surface area contributed by atoms with Crippen molar-refractivity contribution in [3.63, 3.8) is 0 Å². The highest BCUT2D eigenvalue weighted by atomic mass is 79.9. The molecule has 1 N–H and O–H groups in total. The van der Waals surface area contributed by atoms with E-state index in [2.05, 4.69) is 41.7 Å². The van der Waals surface area contributed by atoms with Gasteiger partial charge in [-0.3, -0.25) is 5.01 Å². The molecule has 0 aliphatic carbocycles. The number of hydrogen-bond acceptors (Lipinski definition) is 3. The molecule has 0 spiro atoms. The summed E-state index contributed by atoms with van der Waals surface area (Å²) >= 11 is 0. The zero-order valence-corrected chi connectivity index (χ0v) is 8.79. The molecule has 4 heteroatoms. The summed E-state index contributed by atoms with van der Waals surface area (Å²) in [6.07, 6.45) is 5.28. The molecule has 0 fully saturated rings. The maximum atomic E-state index is 3.27. The van der Waals surface area contributed by atoms with Crippen molar-refractivity contribution < 1.29 is 0 Å². The van der Waals surface area contributed by atoms with Gasteiger partial charge in [0.05, 0.1) is 0 Å². The van der Waals surface area contributed by atoms with Gasteiger partial charge in [-0.2, -0.15) is 0 Å². The van der Waals surface area contributed by atoms with E-state index in [1.165, 1.54) is 6.42 Å². The zero-order valence-electron chi connectivity index (χ0n) is 7.08. The minimum Gasteiger partial charge on any atom is -0.360 e. The predicted molar refractivity (Wildman–Crippen MR) is 52.2 cm³/mol. The second-order valence-electron chi connectivity index (χ2n) is 2.57. The van der Waals surface area contributed by atoms with E-state index in [-0.39, 0.29) is 17.0 Å². The van der Waals surface area contributed by atoms with Crippen LogP contribution in [0.2, 0.25) is 0 Å². The van der Waals surface area contributed by atoms with Gasteiger partial charge in [-0.1, -0.05) is 6.92 Å². The highest BCUT2D eigenvalue weighted by molar-refractivity contribution is 8.93. The molecule has 1 rings (SSSR count). The molecule has 3 nitrogen and oxygen atoms in total. The smallest absolute Gasteiger partial charge is 0.104 e. The topological polar surface area (TPSA) is 18.5 Å². The second kappa shape index (κ2) is 5.43. The van der Waals surface area contributed by atoms with E-state index < -0.39 is 0 Å². The van der Waals surface area contributed by atoms with Gasteiger partial charge in [0, 0.05) is 26.0 Å². The monoisotopic (exact) mass is 221 g/mol. The van der Waals surface area contributed by atoms with Gasteiger partial charge in [0.1, 0.15) is 6.67 Å². The number of nitrogens with zero attached hydrogens (tertiary/aromatic N) is 2. The van der Waals surface area contributed by atoms with Crippen LogP contribution in [0.3, 0.4) is 0 Å². The summed E-state index contributed by atoms with van der Waals surface area (Å²) < 4.78 is 0. The van der Waals surface area contributed by atoms with Crippen LogP contribution in [-0.2, 0) is 0 Å². The first-order valence-corrected chi connectivity index (χ1v) is 3.71. The maximum Gasteiger partial charge on any atom is 0.104 e. The number of hydrogen-bond donors (Lipinski definition) is 1. The standard InChI is InChI=1S/C7H15N3.BrH/c1-3-4-8-10-6-5-9(2)7-10;/h5-6,8H,3-4,7H2,1-2H3;1H. The van der Waals surface area contributed by atoms with Crippen LogP contribution < -0.4 is 5.43 Å². The molecule has 0 radical (unpaired) electrons. The van der Waals surface area contributed by atoms with Crippen molar-refractivity contribution in [2.45, 2.75) is 13.3 Å². The van der Waals surface area contributed by atoms with E-state index >= 15 is 0 Å². The van der Waals surface area contributed by atoms with Crippen LogP contribution in [0.15, 0.2) is 12.4 Å². The Balaban J connectivity index is 0.000001000. The molecular formula is C7H16BrN3. The van der Waals surface area contributed by atoms with Gasteiger partial charge in [0.15, 0.2) is 0 Å². The molecule has 0 bridgehead atoms. The van der Waals surface area contributed by atoms with Gasteiger partial charge in [-0.05, 0) is 6.42 Å². The van der Waals surface area contributed by atoms with Crippen molar-refractivity contribution in [1.29, 1.82) is 0 Å². The van der Waals surface area contributed by atoms with E-state index in [0.717, 1.165) is 13.2 Å². The fourth-order valence-corrected chi connectivity index (χ4v) is 0.887. The molecule has 0 aromatic carbocycles. The normalized spacial score (nSPS) is 15.5. The van der Waals surface area contributed by atoms with Gasteiger partial charge < -0.3 is 4.90 Å². The SMILES string of the molecule is Br.CCCNN1C=CN(C)C1. The molecule has 1 aliphatic heterocycles. The van der Waals surface area contributed by atoms with Crippen molar-refractivity contribution in [2.75, 3.05) is 20.3 Å². The van der Waals surface area contributed by atoms with Gasteiger partial charge in [-0.25, -0.2) is 5.43 Å².